The minimum atomic E-state index is -3.83. The first-order valence-electron chi connectivity index (χ1n) is 11.9. The Morgan fingerprint density at radius 2 is 1.82 bits per heavy atom. The second-order valence-corrected chi connectivity index (χ2v) is 11.6. The molecule has 0 bridgehead atoms. The van der Waals surface area contributed by atoms with Crippen molar-refractivity contribution in [1.29, 1.82) is 0 Å². The van der Waals surface area contributed by atoms with Crippen LogP contribution in [0.15, 0.2) is 47.4 Å². The monoisotopic (exact) mass is 483 g/mol. The Morgan fingerprint density at radius 3 is 2.47 bits per heavy atom. The Labute approximate surface area is 202 Å². The van der Waals surface area contributed by atoms with E-state index in [0.717, 1.165) is 40.4 Å². The Balaban J connectivity index is 1.37. The van der Waals surface area contributed by atoms with Gasteiger partial charge in [-0.05, 0) is 68.9 Å². The van der Waals surface area contributed by atoms with E-state index >= 15 is 0 Å². The summed E-state index contributed by atoms with van der Waals surface area (Å²) in [6, 6.07) is 13.0. The van der Waals surface area contributed by atoms with Crippen LogP contribution in [0.2, 0.25) is 0 Å². The summed E-state index contributed by atoms with van der Waals surface area (Å²) >= 11 is 0. The molecule has 2 aliphatic rings. The number of amides is 2. The number of sulfonamides is 1. The molecule has 1 atom stereocenters. The van der Waals surface area contributed by atoms with Crippen LogP contribution in [-0.4, -0.2) is 50.7 Å². The molecule has 182 valence electrons. The molecule has 1 aliphatic carbocycles. The SMILES string of the molecule is Cc1ccc(CCNC(=O)CN(C)S(=O)(=O)c2ccc3c(c2)C[C@H](C)N3C(=O)C2CCC2)cc1. The number of benzene rings is 2. The van der Waals surface area contributed by atoms with E-state index in [1.807, 2.05) is 43.0 Å². The summed E-state index contributed by atoms with van der Waals surface area (Å²) in [4.78, 5) is 27.2. The maximum Gasteiger partial charge on any atom is 0.243 e. The van der Waals surface area contributed by atoms with E-state index in [2.05, 4.69) is 5.32 Å². The number of aryl methyl sites for hydroxylation is 1. The summed E-state index contributed by atoms with van der Waals surface area (Å²) in [5.41, 5.74) is 3.96. The second kappa shape index (κ2) is 9.88. The predicted molar refractivity (Wildman–Crippen MR) is 132 cm³/mol. The number of rotatable bonds is 8. The molecular formula is C26H33N3O4S. The van der Waals surface area contributed by atoms with E-state index in [-0.39, 0.29) is 35.2 Å². The topological polar surface area (TPSA) is 86.8 Å². The average molecular weight is 484 g/mol. The van der Waals surface area contributed by atoms with Crippen molar-refractivity contribution in [2.24, 2.45) is 5.92 Å². The highest BCUT2D eigenvalue weighted by atomic mass is 32.2. The molecule has 0 radical (unpaired) electrons. The largest absolute Gasteiger partial charge is 0.355 e. The van der Waals surface area contributed by atoms with E-state index in [1.165, 1.54) is 12.6 Å². The molecule has 2 amide bonds. The van der Waals surface area contributed by atoms with Crippen LogP contribution in [0.4, 0.5) is 5.69 Å². The summed E-state index contributed by atoms with van der Waals surface area (Å²) < 4.78 is 27.3. The maximum atomic E-state index is 13.1. The number of carbonyl (C=O) groups is 2. The lowest BCUT2D eigenvalue weighted by Crippen LogP contribution is -2.42. The first-order valence-corrected chi connectivity index (χ1v) is 13.4. The lowest BCUT2D eigenvalue weighted by molar-refractivity contribution is -0.125. The first-order chi connectivity index (χ1) is 16.2. The Kier molecular flexibility index (Phi) is 7.09. The van der Waals surface area contributed by atoms with Crippen LogP contribution in [0.25, 0.3) is 0 Å². The molecule has 1 aliphatic heterocycles. The van der Waals surface area contributed by atoms with E-state index < -0.39 is 10.0 Å². The van der Waals surface area contributed by atoms with Crippen LogP contribution < -0.4 is 10.2 Å². The molecule has 1 fully saturated rings. The molecule has 1 N–H and O–H groups in total. The number of hydrogen-bond acceptors (Lipinski definition) is 4. The smallest absolute Gasteiger partial charge is 0.243 e. The third-order valence-electron chi connectivity index (χ3n) is 6.89. The van der Waals surface area contributed by atoms with Gasteiger partial charge in [0.2, 0.25) is 21.8 Å². The zero-order valence-corrected chi connectivity index (χ0v) is 20.9. The zero-order valence-electron chi connectivity index (χ0n) is 20.1. The average Bonchev–Trinajstić information content (AvgIpc) is 3.08. The van der Waals surface area contributed by atoms with Crippen LogP contribution in [-0.2, 0) is 32.5 Å². The molecule has 1 saturated carbocycles. The fourth-order valence-electron chi connectivity index (χ4n) is 4.58. The van der Waals surface area contributed by atoms with Crippen molar-refractivity contribution in [2.45, 2.75) is 56.9 Å². The highest BCUT2D eigenvalue weighted by Gasteiger charge is 2.37. The van der Waals surface area contributed by atoms with E-state index in [1.54, 1.807) is 18.2 Å². The highest BCUT2D eigenvalue weighted by molar-refractivity contribution is 7.89. The standard InChI is InChI=1S/C26H33N3O4S/c1-18-7-9-20(10-8-18)13-14-27-25(30)17-28(3)34(32,33)23-11-12-24-22(16-23)15-19(2)29(24)26(31)21-5-4-6-21/h7-12,16,19,21H,4-6,13-15,17H2,1-3H3,(H,27,30)/t19-/m0/s1. The molecule has 0 aromatic heterocycles. The molecule has 4 rings (SSSR count). The summed E-state index contributed by atoms with van der Waals surface area (Å²) in [5, 5.41) is 2.80. The zero-order chi connectivity index (χ0) is 24.5. The minimum Gasteiger partial charge on any atom is -0.355 e. The maximum absolute atomic E-state index is 13.1. The number of nitrogens with zero attached hydrogens (tertiary/aromatic N) is 2. The van der Waals surface area contributed by atoms with Gasteiger partial charge in [0.25, 0.3) is 0 Å². The van der Waals surface area contributed by atoms with Gasteiger partial charge >= 0.3 is 0 Å². The van der Waals surface area contributed by atoms with E-state index in [0.29, 0.717) is 19.4 Å². The second-order valence-electron chi connectivity index (χ2n) is 9.53. The van der Waals surface area contributed by atoms with Crippen molar-refractivity contribution >= 4 is 27.5 Å². The van der Waals surface area contributed by atoms with E-state index in [9.17, 15) is 18.0 Å². The van der Waals surface area contributed by atoms with Crippen LogP contribution in [0, 0.1) is 12.8 Å². The van der Waals surface area contributed by atoms with Gasteiger partial charge in [0.05, 0.1) is 11.4 Å². The summed E-state index contributed by atoms with van der Waals surface area (Å²) in [7, 11) is -2.42. The molecular weight excluding hydrogens is 450 g/mol. The number of hydrogen-bond donors (Lipinski definition) is 1. The predicted octanol–water partition coefficient (Wildman–Crippen LogP) is 3.05. The number of likely N-dealkylation sites (N-methyl/N-ethyl adjacent to an activating group) is 1. The van der Waals surface area contributed by atoms with Crippen molar-refractivity contribution < 1.29 is 18.0 Å². The fourth-order valence-corrected chi connectivity index (χ4v) is 5.76. The number of anilines is 1. The molecule has 8 heteroatoms. The Bertz CT molecular complexity index is 1170. The van der Waals surface area contributed by atoms with E-state index in [4.69, 9.17) is 0 Å². The third kappa shape index (κ3) is 5.03. The molecule has 0 spiro atoms. The lowest BCUT2D eigenvalue weighted by atomic mass is 9.84. The van der Waals surface area contributed by atoms with Gasteiger partial charge in [-0.3, -0.25) is 9.59 Å². The van der Waals surface area contributed by atoms with Crippen molar-refractivity contribution in [2.75, 3.05) is 25.0 Å². The van der Waals surface area contributed by atoms with Gasteiger partial charge in [-0.1, -0.05) is 36.2 Å². The van der Waals surface area contributed by atoms with Gasteiger partial charge in [-0.2, -0.15) is 4.31 Å². The number of fused-ring (bicyclic) bond motifs is 1. The van der Waals surface area contributed by atoms with Gasteiger partial charge < -0.3 is 10.2 Å². The van der Waals surface area contributed by atoms with Gasteiger partial charge in [-0.15, -0.1) is 0 Å². The van der Waals surface area contributed by atoms with Gasteiger partial charge in [0.15, 0.2) is 0 Å². The van der Waals surface area contributed by atoms with Crippen molar-refractivity contribution in [3.8, 4) is 0 Å². The Morgan fingerprint density at radius 1 is 1.12 bits per heavy atom. The molecule has 2 aromatic carbocycles. The molecule has 2 aromatic rings. The summed E-state index contributed by atoms with van der Waals surface area (Å²) in [5.74, 6) is -0.106. The third-order valence-corrected chi connectivity index (χ3v) is 8.69. The molecule has 0 saturated heterocycles. The van der Waals surface area contributed by atoms with Gasteiger partial charge in [0, 0.05) is 31.2 Å². The number of nitrogens with one attached hydrogen (secondary N) is 1. The molecule has 34 heavy (non-hydrogen) atoms. The van der Waals surface area contributed by atoms with Gasteiger partial charge in [0.1, 0.15) is 0 Å². The summed E-state index contributed by atoms with van der Waals surface area (Å²) in [6.45, 7) is 4.21. The summed E-state index contributed by atoms with van der Waals surface area (Å²) in [6.07, 6.45) is 4.26. The fraction of sp³-hybridized carbons (Fsp3) is 0.462. The first kappa shape index (κ1) is 24.4. The lowest BCUT2D eigenvalue weighted by Gasteiger charge is -2.32. The van der Waals surface area contributed by atoms with Gasteiger partial charge in [-0.25, -0.2) is 8.42 Å². The van der Waals surface area contributed by atoms with Crippen molar-refractivity contribution in [3.63, 3.8) is 0 Å². The Hall–Kier alpha value is -2.71. The molecule has 0 unspecified atom stereocenters. The minimum absolute atomic E-state index is 0.0121. The van der Waals surface area contributed by atoms with Crippen molar-refractivity contribution in [1.82, 2.24) is 9.62 Å². The molecule has 7 nitrogen and oxygen atoms in total. The normalized spacial score (nSPS) is 18.0. The molecule has 1 heterocycles. The number of carbonyl (C=O) groups excluding carboxylic acids is 2. The van der Waals surface area contributed by atoms with Crippen LogP contribution in [0.3, 0.4) is 0 Å². The van der Waals surface area contributed by atoms with Crippen LogP contribution in [0.5, 0.6) is 0 Å². The van der Waals surface area contributed by atoms with Crippen LogP contribution in [0.1, 0.15) is 42.9 Å². The van der Waals surface area contributed by atoms with Crippen LogP contribution >= 0.6 is 0 Å². The van der Waals surface area contributed by atoms with Crippen molar-refractivity contribution in [3.05, 3.63) is 59.2 Å². The highest BCUT2D eigenvalue weighted by Crippen LogP contribution is 2.38. The quantitative estimate of drug-likeness (QED) is 0.625.